The van der Waals surface area contributed by atoms with Crippen LogP contribution in [0.3, 0.4) is 0 Å². The van der Waals surface area contributed by atoms with Gasteiger partial charge in [0.25, 0.3) is 0 Å². The molecular formula is C11H13BrFNOS. The first-order valence-corrected chi connectivity index (χ1v) is 7.76. The lowest BCUT2D eigenvalue weighted by atomic mass is 10.1. The lowest BCUT2D eigenvalue weighted by Crippen LogP contribution is -2.38. The Morgan fingerprint density at radius 3 is 2.69 bits per heavy atom. The lowest BCUT2D eigenvalue weighted by molar-refractivity contribution is 0.616. The second-order valence-corrected chi connectivity index (χ2v) is 5.96. The van der Waals surface area contributed by atoms with Crippen LogP contribution in [0.5, 0.6) is 0 Å². The monoisotopic (exact) mass is 305 g/mol. The lowest BCUT2D eigenvalue weighted by Gasteiger charge is -2.30. The summed E-state index contributed by atoms with van der Waals surface area (Å²) in [7, 11) is -0.696. The molecule has 2 nitrogen and oxygen atoms in total. The molecule has 0 aromatic heterocycles. The molecule has 1 aromatic carbocycles. The van der Waals surface area contributed by atoms with Gasteiger partial charge in [0.2, 0.25) is 0 Å². The van der Waals surface area contributed by atoms with Crippen LogP contribution < -0.4 is 4.90 Å². The topological polar surface area (TPSA) is 20.3 Å². The SMILES string of the molecule is O=S1CCN(c2cccc(F)c2CBr)CC1. The van der Waals surface area contributed by atoms with Gasteiger partial charge in [0.15, 0.2) is 0 Å². The molecule has 0 aliphatic carbocycles. The van der Waals surface area contributed by atoms with Crippen LogP contribution in [-0.2, 0) is 16.1 Å². The summed E-state index contributed by atoms with van der Waals surface area (Å²) in [5.74, 6) is 1.18. The van der Waals surface area contributed by atoms with Crippen LogP contribution in [0.2, 0.25) is 0 Å². The molecule has 0 saturated carbocycles. The molecule has 0 amide bonds. The zero-order valence-corrected chi connectivity index (χ0v) is 11.2. The van der Waals surface area contributed by atoms with Crippen molar-refractivity contribution in [2.45, 2.75) is 5.33 Å². The largest absolute Gasteiger partial charge is 0.369 e. The molecular weight excluding hydrogens is 293 g/mol. The van der Waals surface area contributed by atoms with E-state index < -0.39 is 10.8 Å². The summed E-state index contributed by atoms with van der Waals surface area (Å²) in [6, 6.07) is 5.12. The number of rotatable bonds is 2. The molecule has 0 spiro atoms. The summed E-state index contributed by atoms with van der Waals surface area (Å²) in [5, 5.41) is 0.509. The molecule has 0 radical (unpaired) electrons. The molecule has 0 unspecified atom stereocenters. The van der Waals surface area contributed by atoms with Gasteiger partial charge in [-0.1, -0.05) is 22.0 Å². The van der Waals surface area contributed by atoms with Crippen molar-refractivity contribution in [3.8, 4) is 0 Å². The van der Waals surface area contributed by atoms with E-state index >= 15 is 0 Å². The number of nitrogens with zero attached hydrogens (tertiary/aromatic N) is 1. The smallest absolute Gasteiger partial charge is 0.129 e. The van der Waals surface area contributed by atoms with Gasteiger partial charge >= 0.3 is 0 Å². The van der Waals surface area contributed by atoms with Gasteiger partial charge < -0.3 is 4.90 Å². The van der Waals surface area contributed by atoms with Crippen molar-refractivity contribution < 1.29 is 8.60 Å². The van der Waals surface area contributed by atoms with Crippen LogP contribution in [0.15, 0.2) is 18.2 Å². The van der Waals surface area contributed by atoms with Crippen molar-refractivity contribution in [2.75, 3.05) is 29.5 Å². The molecule has 2 rings (SSSR count). The summed E-state index contributed by atoms with van der Waals surface area (Å²) in [6.07, 6.45) is 0. The molecule has 1 aliphatic rings. The standard InChI is InChI=1S/C11H13BrFNOS/c12-8-9-10(13)2-1-3-11(9)14-4-6-16(15)7-5-14/h1-3H,4-8H2. The van der Waals surface area contributed by atoms with Gasteiger partial charge in [0, 0.05) is 52.0 Å². The second-order valence-electron chi connectivity index (χ2n) is 3.71. The highest BCUT2D eigenvalue weighted by molar-refractivity contribution is 9.08. The molecule has 1 aliphatic heterocycles. The minimum atomic E-state index is -0.696. The van der Waals surface area contributed by atoms with Crippen LogP contribution in [0.1, 0.15) is 5.56 Å². The minimum absolute atomic E-state index is 0.180. The molecule has 16 heavy (non-hydrogen) atoms. The Kier molecular flexibility index (Phi) is 3.97. The Balaban J connectivity index is 2.26. The average Bonchev–Trinajstić information content (AvgIpc) is 2.30. The van der Waals surface area contributed by atoms with E-state index in [4.69, 9.17) is 0 Å². The van der Waals surface area contributed by atoms with E-state index in [2.05, 4.69) is 20.8 Å². The van der Waals surface area contributed by atoms with E-state index in [9.17, 15) is 8.60 Å². The fourth-order valence-electron chi connectivity index (χ4n) is 1.85. The molecule has 0 atom stereocenters. The molecule has 88 valence electrons. The Labute approximate surface area is 105 Å². The molecule has 1 heterocycles. The van der Waals surface area contributed by atoms with Crippen molar-refractivity contribution in [2.24, 2.45) is 0 Å². The van der Waals surface area contributed by atoms with E-state index in [1.807, 2.05) is 6.07 Å². The first-order valence-electron chi connectivity index (χ1n) is 5.15. The maximum atomic E-state index is 13.6. The van der Waals surface area contributed by atoms with Crippen LogP contribution >= 0.6 is 15.9 Å². The van der Waals surface area contributed by atoms with Crippen molar-refractivity contribution in [3.63, 3.8) is 0 Å². The van der Waals surface area contributed by atoms with Crippen LogP contribution in [-0.4, -0.2) is 28.8 Å². The van der Waals surface area contributed by atoms with E-state index in [1.165, 1.54) is 6.07 Å². The highest BCUT2D eigenvalue weighted by atomic mass is 79.9. The molecule has 0 N–H and O–H groups in total. The molecule has 5 heteroatoms. The van der Waals surface area contributed by atoms with Gasteiger partial charge in [-0.05, 0) is 12.1 Å². The zero-order valence-electron chi connectivity index (χ0n) is 8.79. The van der Waals surface area contributed by atoms with E-state index in [0.717, 1.165) is 18.8 Å². The van der Waals surface area contributed by atoms with E-state index in [-0.39, 0.29) is 5.82 Å². The third-order valence-electron chi connectivity index (χ3n) is 2.75. The van der Waals surface area contributed by atoms with Crippen molar-refractivity contribution in [3.05, 3.63) is 29.6 Å². The molecule has 0 bridgehead atoms. The highest BCUT2D eigenvalue weighted by Crippen LogP contribution is 2.26. The maximum Gasteiger partial charge on any atom is 0.129 e. The molecule has 1 saturated heterocycles. The first-order chi connectivity index (χ1) is 7.72. The number of halogens is 2. The van der Waals surface area contributed by atoms with Gasteiger partial charge in [-0.2, -0.15) is 0 Å². The summed E-state index contributed by atoms with van der Waals surface area (Å²) >= 11 is 3.31. The van der Waals surface area contributed by atoms with Gasteiger partial charge in [0.1, 0.15) is 5.82 Å². The van der Waals surface area contributed by atoms with Gasteiger partial charge in [0.05, 0.1) is 0 Å². The Hall–Kier alpha value is -0.420. The average molecular weight is 306 g/mol. The van der Waals surface area contributed by atoms with E-state index in [1.54, 1.807) is 6.07 Å². The fraction of sp³-hybridized carbons (Fsp3) is 0.455. The van der Waals surface area contributed by atoms with Crippen LogP contribution in [0, 0.1) is 5.82 Å². The fourth-order valence-corrected chi connectivity index (χ4v) is 3.46. The zero-order chi connectivity index (χ0) is 11.5. The summed E-state index contributed by atoms with van der Waals surface area (Å²) in [5.41, 5.74) is 1.61. The normalized spacial score (nSPS) is 17.8. The number of hydrogen-bond donors (Lipinski definition) is 0. The highest BCUT2D eigenvalue weighted by Gasteiger charge is 2.18. The van der Waals surface area contributed by atoms with E-state index in [0.29, 0.717) is 22.4 Å². The summed E-state index contributed by atoms with van der Waals surface area (Å²) in [6.45, 7) is 1.49. The second kappa shape index (κ2) is 5.27. The molecule has 1 fully saturated rings. The number of alkyl halides is 1. The number of benzene rings is 1. The predicted octanol–water partition coefficient (Wildman–Crippen LogP) is 2.29. The minimum Gasteiger partial charge on any atom is -0.369 e. The van der Waals surface area contributed by atoms with Crippen molar-refractivity contribution in [1.82, 2.24) is 0 Å². The Bertz CT molecular complexity index is 403. The molecule has 1 aromatic rings. The third-order valence-corrected chi connectivity index (χ3v) is 4.58. The van der Waals surface area contributed by atoms with Gasteiger partial charge in [-0.25, -0.2) is 4.39 Å². The van der Waals surface area contributed by atoms with Gasteiger partial charge in [-0.3, -0.25) is 4.21 Å². The maximum absolute atomic E-state index is 13.6. The van der Waals surface area contributed by atoms with Crippen molar-refractivity contribution in [1.29, 1.82) is 0 Å². The third kappa shape index (κ3) is 2.46. The number of hydrogen-bond acceptors (Lipinski definition) is 2. The van der Waals surface area contributed by atoms with Crippen LogP contribution in [0.25, 0.3) is 0 Å². The van der Waals surface area contributed by atoms with Gasteiger partial charge in [-0.15, -0.1) is 0 Å². The summed E-state index contributed by atoms with van der Waals surface area (Å²) in [4.78, 5) is 2.11. The summed E-state index contributed by atoms with van der Waals surface area (Å²) < 4.78 is 24.8. The first kappa shape index (κ1) is 12.0. The predicted molar refractivity (Wildman–Crippen MR) is 69.1 cm³/mol. The Morgan fingerprint density at radius 2 is 2.06 bits per heavy atom. The number of anilines is 1. The quantitative estimate of drug-likeness (QED) is 0.782. The van der Waals surface area contributed by atoms with Crippen molar-refractivity contribution >= 4 is 32.4 Å². The Morgan fingerprint density at radius 1 is 1.38 bits per heavy atom. The van der Waals surface area contributed by atoms with Crippen LogP contribution in [0.4, 0.5) is 10.1 Å².